The van der Waals surface area contributed by atoms with Crippen molar-refractivity contribution < 1.29 is 4.52 Å². The lowest BCUT2D eigenvalue weighted by molar-refractivity contribution is 0.374. The zero-order valence-corrected chi connectivity index (χ0v) is 10.3. The fourth-order valence-electron chi connectivity index (χ4n) is 1.58. The zero-order chi connectivity index (χ0) is 13.1. The van der Waals surface area contributed by atoms with Crippen molar-refractivity contribution in [3.63, 3.8) is 0 Å². The molecule has 0 spiro atoms. The number of rotatable bonds is 4. The van der Waals surface area contributed by atoms with Gasteiger partial charge in [-0.1, -0.05) is 12.1 Å². The minimum absolute atomic E-state index is 0.0298. The molecule has 0 unspecified atom stereocenters. The van der Waals surface area contributed by atoms with Gasteiger partial charge in [0, 0.05) is 25.2 Å². The molecule has 0 amide bonds. The predicted octanol–water partition coefficient (Wildman–Crippen LogP) is 0.0236. The van der Waals surface area contributed by atoms with E-state index in [2.05, 4.69) is 10.1 Å². The molecular formula is C11H14N4O3. The van der Waals surface area contributed by atoms with Crippen LogP contribution in [0.15, 0.2) is 26.4 Å². The molecule has 0 aliphatic rings. The summed E-state index contributed by atoms with van der Waals surface area (Å²) >= 11 is 0. The van der Waals surface area contributed by atoms with E-state index in [1.54, 1.807) is 0 Å². The second-order valence-electron chi connectivity index (χ2n) is 3.77. The molecule has 7 nitrogen and oxygen atoms in total. The van der Waals surface area contributed by atoms with Crippen LogP contribution in [-0.4, -0.2) is 19.3 Å². The van der Waals surface area contributed by atoms with E-state index in [0.717, 1.165) is 4.57 Å². The minimum Gasteiger partial charge on any atom is -0.339 e. The lowest BCUT2D eigenvalue weighted by Crippen LogP contribution is -2.39. The van der Waals surface area contributed by atoms with Crippen molar-refractivity contribution >= 4 is 0 Å². The normalized spacial score (nSPS) is 10.8. The largest absolute Gasteiger partial charge is 0.339 e. The first-order chi connectivity index (χ1) is 8.65. The van der Waals surface area contributed by atoms with Crippen LogP contribution in [0.4, 0.5) is 0 Å². The summed E-state index contributed by atoms with van der Waals surface area (Å²) in [5, 5.41) is 3.73. The van der Waals surface area contributed by atoms with E-state index in [9.17, 15) is 9.59 Å². The van der Waals surface area contributed by atoms with E-state index in [0.29, 0.717) is 24.7 Å². The van der Waals surface area contributed by atoms with E-state index >= 15 is 0 Å². The monoisotopic (exact) mass is 250 g/mol. The van der Waals surface area contributed by atoms with Gasteiger partial charge in [0.1, 0.15) is 0 Å². The van der Waals surface area contributed by atoms with Gasteiger partial charge >= 0.3 is 5.69 Å². The van der Waals surface area contributed by atoms with Crippen LogP contribution in [0.3, 0.4) is 0 Å². The summed E-state index contributed by atoms with van der Waals surface area (Å²) in [6, 6.07) is 1.35. The maximum absolute atomic E-state index is 11.9. The average Bonchev–Trinajstić information content (AvgIpc) is 2.82. The van der Waals surface area contributed by atoms with Crippen LogP contribution >= 0.6 is 0 Å². The summed E-state index contributed by atoms with van der Waals surface area (Å²) in [6.45, 7) is 4.25. The molecule has 7 heteroatoms. The molecule has 2 rings (SSSR count). The molecule has 2 aromatic heterocycles. The fourth-order valence-corrected chi connectivity index (χ4v) is 1.58. The van der Waals surface area contributed by atoms with Crippen LogP contribution in [0, 0.1) is 0 Å². The Balaban J connectivity index is 2.39. The van der Waals surface area contributed by atoms with Gasteiger partial charge in [0.25, 0.3) is 5.56 Å². The molecule has 0 bridgehead atoms. The number of nitrogens with zero attached hydrogens (tertiary/aromatic N) is 4. The number of hydrogen-bond donors (Lipinski definition) is 0. The van der Waals surface area contributed by atoms with Crippen LogP contribution in [0.2, 0.25) is 0 Å². The van der Waals surface area contributed by atoms with Gasteiger partial charge in [-0.2, -0.15) is 4.98 Å². The molecule has 2 heterocycles. The van der Waals surface area contributed by atoms with Gasteiger partial charge in [-0.15, -0.1) is 0 Å². The standard InChI is InChI=1S/C11H14N4O3/c1-3-9-12-8(13-18-9)7-15-10(16)5-6-14(4-2)11(15)17/h5-6H,3-4,7H2,1-2H3. The Hall–Kier alpha value is -2.18. The summed E-state index contributed by atoms with van der Waals surface area (Å²) in [4.78, 5) is 27.7. The van der Waals surface area contributed by atoms with E-state index in [1.165, 1.54) is 16.8 Å². The number of aromatic nitrogens is 4. The van der Waals surface area contributed by atoms with Crippen LogP contribution in [0.1, 0.15) is 25.6 Å². The Bertz CT molecular complexity index is 653. The van der Waals surface area contributed by atoms with E-state index in [1.807, 2.05) is 13.8 Å². The van der Waals surface area contributed by atoms with Gasteiger partial charge in [0.05, 0.1) is 6.54 Å². The molecule has 2 aromatic rings. The molecular weight excluding hydrogens is 236 g/mol. The van der Waals surface area contributed by atoms with Crippen molar-refractivity contribution in [2.24, 2.45) is 0 Å². The second-order valence-corrected chi connectivity index (χ2v) is 3.77. The van der Waals surface area contributed by atoms with Gasteiger partial charge in [-0.05, 0) is 6.92 Å². The van der Waals surface area contributed by atoms with Crippen LogP contribution in [0.5, 0.6) is 0 Å². The summed E-state index contributed by atoms with van der Waals surface area (Å²) in [6.07, 6.45) is 2.10. The zero-order valence-electron chi connectivity index (χ0n) is 10.3. The first kappa shape index (κ1) is 12.3. The Labute approximate surface area is 103 Å². The lowest BCUT2D eigenvalue weighted by atomic mass is 10.5. The molecule has 0 aliphatic carbocycles. The van der Waals surface area contributed by atoms with E-state index in [-0.39, 0.29) is 17.8 Å². The van der Waals surface area contributed by atoms with Gasteiger partial charge in [0.15, 0.2) is 5.82 Å². The Kier molecular flexibility index (Phi) is 3.40. The van der Waals surface area contributed by atoms with Gasteiger partial charge in [-0.25, -0.2) is 4.79 Å². The third-order valence-corrected chi connectivity index (χ3v) is 2.59. The average molecular weight is 250 g/mol. The third-order valence-electron chi connectivity index (χ3n) is 2.59. The van der Waals surface area contributed by atoms with Gasteiger partial charge in [0.2, 0.25) is 5.89 Å². The van der Waals surface area contributed by atoms with Crippen LogP contribution in [0.25, 0.3) is 0 Å². The molecule has 0 aromatic carbocycles. The summed E-state index contributed by atoms with van der Waals surface area (Å²) in [7, 11) is 0. The van der Waals surface area contributed by atoms with Gasteiger partial charge < -0.3 is 9.09 Å². The Morgan fingerprint density at radius 1 is 1.33 bits per heavy atom. The molecule has 0 radical (unpaired) electrons. The fraction of sp³-hybridized carbons (Fsp3) is 0.455. The predicted molar refractivity (Wildman–Crippen MR) is 63.4 cm³/mol. The highest BCUT2D eigenvalue weighted by Gasteiger charge is 2.09. The molecule has 0 atom stereocenters. The highest BCUT2D eigenvalue weighted by atomic mass is 16.5. The Morgan fingerprint density at radius 3 is 2.72 bits per heavy atom. The number of aryl methyl sites for hydroxylation is 2. The van der Waals surface area contributed by atoms with Crippen molar-refractivity contribution in [3.05, 3.63) is 44.8 Å². The van der Waals surface area contributed by atoms with Crippen molar-refractivity contribution in [1.82, 2.24) is 19.3 Å². The summed E-state index contributed by atoms with van der Waals surface area (Å²) in [5.41, 5.74) is -0.736. The highest BCUT2D eigenvalue weighted by Crippen LogP contribution is 1.98. The summed E-state index contributed by atoms with van der Waals surface area (Å²) < 4.78 is 7.47. The van der Waals surface area contributed by atoms with Crippen molar-refractivity contribution in [2.75, 3.05) is 0 Å². The summed E-state index contributed by atoms with van der Waals surface area (Å²) in [5.74, 6) is 0.824. The molecule has 0 saturated carbocycles. The first-order valence-corrected chi connectivity index (χ1v) is 5.77. The first-order valence-electron chi connectivity index (χ1n) is 5.77. The van der Waals surface area contributed by atoms with Crippen LogP contribution < -0.4 is 11.2 Å². The maximum atomic E-state index is 11.9. The second kappa shape index (κ2) is 4.99. The topological polar surface area (TPSA) is 82.9 Å². The van der Waals surface area contributed by atoms with Crippen LogP contribution in [-0.2, 0) is 19.5 Å². The maximum Gasteiger partial charge on any atom is 0.331 e. The SMILES string of the molecule is CCc1nc(Cn2c(=O)ccn(CC)c2=O)no1. The molecule has 96 valence electrons. The van der Waals surface area contributed by atoms with Crippen molar-refractivity contribution in [2.45, 2.75) is 33.4 Å². The molecule has 0 saturated heterocycles. The van der Waals surface area contributed by atoms with E-state index < -0.39 is 0 Å². The molecule has 0 N–H and O–H groups in total. The van der Waals surface area contributed by atoms with E-state index in [4.69, 9.17) is 4.52 Å². The molecule has 0 aliphatic heterocycles. The third kappa shape index (κ3) is 2.24. The minimum atomic E-state index is -0.368. The van der Waals surface area contributed by atoms with Crippen molar-refractivity contribution in [1.29, 1.82) is 0 Å². The molecule has 18 heavy (non-hydrogen) atoms. The highest BCUT2D eigenvalue weighted by molar-refractivity contribution is 4.92. The quantitative estimate of drug-likeness (QED) is 0.764. The smallest absolute Gasteiger partial charge is 0.331 e. The molecule has 0 fully saturated rings. The Morgan fingerprint density at radius 2 is 2.11 bits per heavy atom. The van der Waals surface area contributed by atoms with Gasteiger partial charge in [-0.3, -0.25) is 9.36 Å². The lowest BCUT2D eigenvalue weighted by Gasteiger charge is -2.05. The number of hydrogen-bond acceptors (Lipinski definition) is 5. The van der Waals surface area contributed by atoms with Crippen molar-refractivity contribution in [3.8, 4) is 0 Å².